The molecular formula is C12H14ClF2NO3. The number of amides is 1. The average molecular weight is 294 g/mol. The first-order chi connectivity index (χ1) is 9.01. The molecule has 1 amide bonds. The summed E-state index contributed by atoms with van der Waals surface area (Å²) in [5.41, 5.74) is -0.425. The third-order valence-electron chi connectivity index (χ3n) is 2.46. The Balaban J connectivity index is 2.98. The van der Waals surface area contributed by atoms with Gasteiger partial charge in [0.25, 0.3) is 5.91 Å². The Hall–Kier alpha value is -1.24. The number of hydrogen-bond donors (Lipinski definition) is 1. The fourth-order valence-corrected chi connectivity index (χ4v) is 1.64. The monoisotopic (exact) mass is 293 g/mol. The van der Waals surface area contributed by atoms with Crippen molar-refractivity contribution < 1.29 is 23.4 Å². The van der Waals surface area contributed by atoms with Gasteiger partial charge in [-0.1, -0.05) is 11.6 Å². The summed E-state index contributed by atoms with van der Waals surface area (Å²) >= 11 is 5.42. The molecule has 0 aromatic heterocycles. The number of aliphatic hydroxyl groups is 1. The highest BCUT2D eigenvalue weighted by molar-refractivity contribution is 6.30. The van der Waals surface area contributed by atoms with Gasteiger partial charge in [0, 0.05) is 20.2 Å². The maximum atomic E-state index is 13.6. The topological polar surface area (TPSA) is 49.8 Å². The number of benzene rings is 1. The Morgan fingerprint density at radius 1 is 1.37 bits per heavy atom. The molecule has 0 saturated carbocycles. The summed E-state index contributed by atoms with van der Waals surface area (Å²) in [5.74, 6) is -2.50. The number of methoxy groups -OCH3 is 1. The summed E-state index contributed by atoms with van der Waals surface area (Å²) in [5, 5.41) is 8.49. The van der Waals surface area contributed by atoms with E-state index in [2.05, 4.69) is 0 Å². The molecule has 106 valence electrons. The van der Waals surface area contributed by atoms with Crippen LogP contribution in [0.2, 0.25) is 5.02 Å². The van der Waals surface area contributed by atoms with Crippen molar-refractivity contribution in [3.8, 4) is 0 Å². The summed E-state index contributed by atoms with van der Waals surface area (Å²) in [6, 6.07) is 1.49. The molecule has 0 aliphatic heterocycles. The van der Waals surface area contributed by atoms with Gasteiger partial charge in [-0.15, -0.1) is 0 Å². The van der Waals surface area contributed by atoms with Crippen molar-refractivity contribution in [1.82, 2.24) is 4.90 Å². The van der Waals surface area contributed by atoms with Crippen molar-refractivity contribution in [2.75, 3.05) is 33.4 Å². The molecule has 0 heterocycles. The van der Waals surface area contributed by atoms with E-state index in [1.54, 1.807) is 0 Å². The molecule has 0 spiro atoms. The van der Waals surface area contributed by atoms with Crippen LogP contribution in [0.3, 0.4) is 0 Å². The summed E-state index contributed by atoms with van der Waals surface area (Å²) in [6.07, 6.45) is 0. The van der Waals surface area contributed by atoms with Gasteiger partial charge in [0.2, 0.25) is 0 Å². The molecule has 0 aliphatic rings. The highest BCUT2D eigenvalue weighted by Gasteiger charge is 2.20. The van der Waals surface area contributed by atoms with Crippen molar-refractivity contribution in [1.29, 1.82) is 0 Å². The van der Waals surface area contributed by atoms with Crippen molar-refractivity contribution in [3.63, 3.8) is 0 Å². The quantitative estimate of drug-likeness (QED) is 0.812. The van der Waals surface area contributed by atoms with Crippen LogP contribution < -0.4 is 0 Å². The summed E-state index contributed by atoms with van der Waals surface area (Å²) in [7, 11) is 1.45. The van der Waals surface area contributed by atoms with Gasteiger partial charge in [-0.3, -0.25) is 4.79 Å². The van der Waals surface area contributed by atoms with Gasteiger partial charge >= 0.3 is 0 Å². The maximum absolute atomic E-state index is 13.6. The van der Waals surface area contributed by atoms with Gasteiger partial charge in [-0.05, 0) is 12.1 Å². The minimum absolute atomic E-state index is 0.00583. The van der Waals surface area contributed by atoms with Crippen LogP contribution >= 0.6 is 11.6 Å². The minimum Gasteiger partial charge on any atom is -0.395 e. The molecule has 1 aromatic carbocycles. The van der Waals surface area contributed by atoms with Crippen LogP contribution in [0.4, 0.5) is 8.78 Å². The minimum atomic E-state index is -0.906. The predicted molar refractivity (Wildman–Crippen MR) is 66.2 cm³/mol. The van der Waals surface area contributed by atoms with Crippen molar-refractivity contribution in [3.05, 3.63) is 34.4 Å². The van der Waals surface area contributed by atoms with Crippen LogP contribution in [0.15, 0.2) is 12.1 Å². The van der Waals surface area contributed by atoms with Crippen LogP contribution in [0, 0.1) is 11.6 Å². The van der Waals surface area contributed by atoms with Gasteiger partial charge in [0.15, 0.2) is 0 Å². The van der Waals surface area contributed by atoms with Crippen LogP contribution in [0.1, 0.15) is 10.4 Å². The Bertz CT molecular complexity index is 457. The zero-order valence-corrected chi connectivity index (χ0v) is 11.1. The molecule has 0 saturated heterocycles. The zero-order chi connectivity index (χ0) is 14.4. The van der Waals surface area contributed by atoms with E-state index in [0.717, 1.165) is 12.1 Å². The van der Waals surface area contributed by atoms with Gasteiger partial charge in [-0.2, -0.15) is 0 Å². The number of carbonyl (C=O) groups excluding carboxylic acids is 1. The standard InChI is InChI=1S/C12H14ClF2NO3/c1-19-5-3-16(2-4-17)12(18)8-6-11(15)9(13)7-10(8)14/h6-7,17H,2-5H2,1H3. The lowest BCUT2D eigenvalue weighted by molar-refractivity contribution is 0.0651. The van der Waals surface area contributed by atoms with Crippen molar-refractivity contribution >= 4 is 17.5 Å². The Kier molecular flexibility index (Phi) is 6.14. The van der Waals surface area contributed by atoms with Crippen LogP contribution in [0.5, 0.6) is 0 Å². The second-order valence-electron chi connectivity index (χ2n) is 3.75. The van der Waals surface area contributed by atoms with Crippen LogP contribution in [-0.4, -0.2) is 49.3 Å². The van der Waals surface area contributed by atoms with E-state index in [9.17, 15) is 13.6 Å². The molecule has 19 heavy (non-hydrogen) atoms. The van der Waals surface area contributed by atoms with E-state index in [-0.39, 0.29) is 31.3 Å². The average Bonchev–Trinajstić information content (AvgIpc) is 2.38. The summed E-state index contributed by atoms with van der Waals surface area (Å²) < 4.78 is 31.7. The lowest BCUT2D eigenvalue weighted by atomic mass is 10.1. The second-order valence-corrected chi connectivity index (χ2v) is 4.16. The molecule has 1 aromatic rings. The number of aliphatic hydroxyl groups excluding tert-OH is 1. The number of ether oxygens (including phenoxy) is 1. The fourth-order valence-electron chi connectivity index (χ4n) is 1.49. The number of hydrogen-bond acceptors (Lipinski definition) is 3. The second kappa shape index (κ2) is 7.37. The van der Waals surface area contributed by atoms with E-state index in [1.165, 1.54) is 12.0 Å². The molecular weight excluding hydrogens is 280 g/mol. The smallest absolute Gasteiger partial charge is 0.257 e. The van der Waals surface area contributed by atoms with Crippen molar-refractivity contribution in [2.45, 2.75) is 0 Å². The molecule has 0 bridgehead atoms. The summed E-state index contributed by atoms with van der Waals surface area (Å²) in [6.45, 7) is 0.113. The Morgan fingerprint density at radius 3 is 2.63 bits per heavy atom. The molecule has 7 heteroatoms. The maximum Gasteiger partial charge on any atom is 0.257 e. The van der Waals surface area contributed by atoms with E-state index in [4.69, 9.17) is 21.4 Å². The first-order valence-corrected chi connectivity index (χ1v) is 5.92. The first-order valence-electron chi connectivity index (χ1n) is 5.54. The number of halogens is 3. The Morgan fingerprint density at radius 2 is 2.05 bits per heavy atom. The summed E-state index contributed by atoms with van der Waals surface area (Å²) in [4.78, 5) is 13.2. The molecule has 0 aliphatic carbocycles. The third-order valence-corrected chi connectivity index (χ3v) is 2.75. The predicted octanol–water partition coefficient (Wildman–Crippen LogP) is 1.70. The van der Waals surface area contributed by atoms with E-state index in [1.807, 2.05) is 0 Å². The largest absolute Gasteiger partial charge is 0.395 e. The third kappa shape index (κ3) is 4.12. The molecule has 1 rings (SSSR count). The van der Waals surface area contributed by atoms with E-state index >= 15 is 0 Å². The Labute approximate surface area is 114 Å². The molecule has 0 fully saturated rings. The number of rotatable bonds is 6. The highest BCUT2D eigenvalue weighted by Crippen LogP contribution is 2.20. The molecule has 4 nitrogen and oxygen atoms in total. The lowest BCUT2D eigenvalue weighted by Gasteiger charge is -2.21. The number of nitrogens with zero attached hydrogens (tertiary/aromatic N) is 1. The number of carbonyl (C=O) groups is 1. The molecule has 1 N–H and O–H groups in total. The van der Waals surface area contributed by atoms with Gasteiger partial charge in [-0.25, -0.2) is 8.78 Å². The fraction of sp³-hybridized carbons (Fsp3) is 0.417. The molecule has 0 atom stereocenters. The zero-order valence-electron chi connectivity index (χ0n) is 10.3. The lowest BCUT2D eigenvalue weighted by Crippen LogP contribution is -2.36. The molecule has 0 radical (unpaired) electrons. The van der Waals surface area contributed by atoms with Crippen molar-refractivity contribution in [2.24, 2.45) is 0 Å². The highest BCUT2D eigenvalue weighted by atomic mass is 35.5. The van der Waals surface area contributed by atoms with E-state index in [0.29, 0.717) is 0 Å². The van der Waals surface area contributed by atoms with Crippen LogP contribution in [0.25, 0.3) is 0 Å². The normalized spacial score (nSPS) is 10.6. The first kappa shape index (κ1) is 15.8. The molecule has 0 unspecified atom stereocenters. The van der Waals surface area contributed by atoms with Gasteiger partial charge < -0.3 is 14.7 Å². The van der Waals surface area contributed by atoms with E-state index < -0.39 is 23.1 Å². The van der Waals surface area contributed by atoms with Gasteiger partial charge in [0.1, 0.15) is 11.6 Å². The van der Waals surface area contributed by atoms with Gasteiger partial charge in [0.05, 0.1) is 23.8 Å². The SMILES string of the molecule is COCCN(CCO)C(=O)c1cc(F)c(Cl)cc1F. The van der Waals surface area contributed by atoms with Crippen LogP contribution in [-0.2, 0) is 4.74 Å².